The Bertz CT molecular complexity index is 1720. The molecule has 2 heterocycles. The molecule has 0 saturated carbocycles. The highest BCUT2D eigenvalue weighted by Gasteiger charge is 2.32. The van der Waals surface area contributed by atoms with Crippen molar-refractivity contribution in [1.29, 1.82) is 0 Å². The summed E-state index contributed by atoms with van der Waals surface area (Å²) in [7, 11) is 0. The first-order valence-electron chi connectivity index (χ1n) is 11.2. The Morgan fingerprint density at radius 2 is 1.76 bits per heavy atom. The van der Waals surface area contributed by atoms with Gasteiger partial charge in [-0.25, -0.2) is 9.38 Å². The van der Waals surface area contributed by atoms with Crippen LogP contribution in [0.15, 0.2) is 99.9 Å². The maximum atomic E-state index is 13.6. The van der Waals surface area contributed by atoms with Crippen LogP contribution >= 0.6 is 11.3 Å². The first-order chi connectivity index (χ1) is 17.8. The molecule has 0 bridgehead atoms. The van der Waals surface area contributed by atoms with Crippen LogP contribution < -0.4 is 20.2 Å². The number of fused-ring (bicyclic) bond motifs is 1. The SMILES string of the molecule is CC1=C(C(=O)Nc2ccc(F)cc2)C(c2ccc([N+](=O)[O-])cc2)n2c(s/c(=C/c3ccccc3)c2=O)=N1. The van der Waals surface area contributed by atoms with Gasteiger partial charge in [-0.1, -0.05) is 41.7 Å². The molecule has 0 saturated heterocycles. The van der Waals surface area contributed by atoms with Gasteiger partial charge in [0.2, 0.25) is 0 Å². The van der Waals surface area contributed by atoms with Crippen LogP contribution in [0.1, 0.15) is 24.1 Å². The van der Waals surface area contributed by atoms with Gasteiger partial charge in [0, 0.05) is 17.8 Å². The molecule has 8 nitrogen and oxygen atoms in total. The van der Waals surface area contributed by atoms with Crippen molar-refractivity contribution in [3.8, 4) is 0 Å². The minimum Gasteiger partial charge on any atom is -0.322 e. The van der Waals surface area contributed by atoms with Crippen LogP contribution in [-0.2, 0) is 4.79 Å². The molecule has 1 atom stereocenters. The highest BCUT2D eigenvalue weighted by molar-refractivity contribution is 7.07. The lowest BCUT2D eigenvalue weighted by Crippen LogP contribution is -2.40. The Morgan fingerprint density at radius 3 is 2.41 bits per heavy atom. The first kappa shape index (κ1) is 24.0. The van der Waals surface area contributed by atoms with Crippen molar-refractivity contribution in [2.75, 3.05) is 5.32 Å². The van der Waals surface area contributed by atoms with E-state index in [1.54, 1.807) is 13.0 Å². The Kier molecular flexibility index (Phi) is 6.33. The van der Waals surface area contributed by atoms with Crippen molar-refractivity contribution in [2.24, 2.45) is 4.99 Å². The quantitative estimate of drug-likeness (QED) is 0.322. The minimum atomic E-state index is -0.879. The van der Waals surface area contributed by atoms with E-state index in [4.69, 9.17) is 0 Å². The van der Waals surface area contributed by atoms with E-state index in [2.05, 4.69) is 10.3 Å². The lowest BCUT2D eigenvalue weighted by molar-refractivity contribution is -0.384. The molecule has 10 heteroatoms. The van der Waals surface area contributed by atoms with Gasteiger partial charge in [0.15, 0.2) is 4.80 Å². The number of nitro groups is 1. The normalized spacial score (nSPS) is 15.2. The van der Waals surface area contributed by atoms with Gasteiger partial charge in [-0.05, 0) is 60.5 Å². The molecule has 1 aliphatic rings. The fraction of sp³-hybridized carbons (Fsp3) is 0.0741. The molecular weight excluding hydrogens is 495 g/mol. The predicted octanol–water partition coefficient (Wildman–Crippen LogP) is 3.92. The number of allylic oxidation sites excluding steroid dienone is 1. The van der Waals surface area contributed by atoms with E-state index in [-0.39, 0.29) is 16.8 Å². The topological polar surface area (TPSA) is 107 Å². The number of nitrogens with zero attached hydrogens (tertiary/aromatic N) is 3. The molecule has 0 fully saturated rings. The van der Waals surface area contributed by atoms with Gasteiger partial charge in [0.25, 0.3) is 17.2 Å². The standard InChI is InChI=1S/C27H19FN4O4S/c1-16-23(25(33)30-20-11-9-19(28)10-12-20)24(18-7-13-21(14-8-18)32(35)36)31-26(34)22(37-27(31)29-16)15-17-5-3-2-4-6-17/h2-15,24H,1H3,(H,30,33)/b22-15+. The van der Waals surface area contributed by atoms with Crippen molar-refractivity contribution in [3.63, 3.8) is 0 Å². The van der Waals surface area contributed by atoms with Crippen LogP contribution in [0.5, 0.6) is 0 Å². The number of rotatable bonds is 5. The van der Waals surface area contributed by atoms with E-state index in [0.29, 0.717) is 26.3 Å². The molecule has 0 spiro atoms. The zero-order chi connectivity index (χ0) is 26.1. The van der Waals surface area contributed by atoms with E-state index >= 15 is 0 Å². The number of thiazole rings is 1. The van der Waals surface area contributed by atoms with Crippen LogP contribution in [0.3, 0.4) is 0 Å². The number of hydrogen-bond donors (Lipinski definition) is 1. The lowest BCUT2D eigenvalue weighted by atomic mass is 9.95. The second-order valence-electron chi connectivity index (χ2n) is 8.30. The van der Waals surface area contributed by atoms with Crippen LogP contribution in [0, 0.1) is 15.9 Å². The summed E-state index contributed by atoms with van der Waals surface area (Å²) in [6, 6.07) is 19.5. The number of non-ortho nitro benzene ring substituents is 1. The monoisotopic (exact) mass is 514 g/mol. The second-order valence-corrected chi connectivity index (χ2v) is 9.31. The molecule has 0 aliphatic carbocycles. The molecule has 3 aromatic carbocycles. The van der Waals surface area contributed by atoms with E-state index in [1.807, 2.05) is 30.3 Å². The molecule has 5 rings (SSSR count). The average Bonchev–Trinajstić information content (AvgIpc) is 3.19. The van der Waals surface area contributed by atoms with Crippen molar-refractivity contribution in [2.45, 2.75) is 13.0 Å². The van der Waals surface area contributed by atoms with E-state index in [1.165, 1.54) is 64.4 Å². The first-order valence-corrected chi connectivity index (χ1v) is 12.0. The predicted molar refractivity (Wildman–Crippen MR) is 138 cm³/mol. The molecule has 1 N–H and O–H groups in total. The third-order valence-electron chi connectivity index (χ3n) is 5.89. The van der Waals surface area contributed by atoms with E-state index in [0.717, 1.165) is 5.56 Å². The third kappa shape index (κ3) is 4.74. The summed E-state index contributed by atoms with van der Waals surface area (Å²) in [5, 5.41) is 13.9. The van der Waals surface area contributed by atoms with Crippen molar-refractivity contribution in [3.05, 3.63) is 137 Å². The van der Waals surface area contributed by atoms with Crippen LogP contribution in [0.2, 0.25) is 0 Å². The van der Waals surface area contributed by atoms with Crippen molar-refractivity contribution in [1.82, 2.24) is 4.57 Å². The van der Waals surface area contributed by atoms with Gasteiger partial charge in [-0.3, -0.25) is 24.3 Å². The van der Waals surface area contributed by atoms with Crippen LogP contribution in [0.4, 0.5) is 15.8 Å². The van der Waals surface area contributed by atoms with E-state index < -0.39 is 22.7 Å². The highest BCUT2D eigenvalue weighted by Crippen LogP contribution is 2.31. The molecule has 1 unspecified atom stereocenters. The number of aromatic nitrogens is 1. The smallest absolute Gasteiger partial charge is 0.271 e. The van der Waals surface area contributed by atoms with Gasteiger partial charge < -0.3 is 5.32 Å². The van der Waals surface area contributed by atoms with Gasteiger partial charge in [-0.2, -0.15) is 0 Å². The fourth-order valence-electron chi connectivity index (χ4n) is 4.14. The number of nitrogens with one attached hydrogen (secondary N) is 1. The van der Waals surface area contributed by atoms with Gasteiger partial charge >= 0.3 is 0 Å². The summed E-state index contributed by atoms with van der Waals surface area (Å²) in [5.74, 6) is -0.963. The summed E-state index contributed by atoms with van der Waals surface area (Å²) < 4.78 is 15.2. The fourth-order valence-corrected chi connectivity index (χ4v) is 5.18. The van der Waals surface area contributed by atoms with Gasteiger partial charge in [0.1, 0.15) is 5.82 Å². The van der Waals surface area contributed by atoms with Crippen LogP contribution in [-0.4, -0.2) is 15.4 Å². The number of benzene rings is 3. The molecule has 1 aromatic heterocycles. The molecule has 184 valence electrons. The summed E-state index contributed by atoms with van der Waals surface area (Å²) in [6.07, 6.45) is 1.76. The number of anilines is 1. The van der Waals surface area contributed by atoms with Gasteiger partial charge in [-0.15, -0.1) is 0 Å². The zero-order valence-corrected chi connectivity index (χ0v) is 20.2. The van der Waals surface area contributed by atoms with Crippen molar-refractivity contribution < 1.29 is 14.1 Å². The third-order valence-corrected chi connectivity index (χ3v) is 6.87. The molecule has 1 amide bonds. The molecule has 37 heavy (non-hydrogen) atoms. The largest absolute Gasteiger partial charge is 0.322 e. The summed E-state index contributed by atoms with van der Waals surface area (Å²) >= 11 is 1.20. The second kappa shape index (κ2) is 9.75. The molecule has 0 radical (unpaired) electrons. The Morgan fingerprint density at radius 1 is 1.08 bits per heavy atom. The summed E-state index contributed by atoms with van der Waals surface area (Å²) in [6.45, 7) is 1.67. The molecule has 1 aliphatic heterocycles. The number of hydrogen-bond acceptors (Lipinski definition) is 6. The summed E-state index contributed by atoms with van der Waals surface area (Å²) in [4.78, 5) is 42.8. The number of carbonyl (C=O) groups is 1. The minimum absolute atomic E-state index is 0.113. The maximum Gasteiger partial charge on any atom is 0.271 e. The van der Waals surface area contributed by atoms with Crippen LogP contribution in [0.25, 0.3) is 6.08 Å². The average molecular weight is 515 g/mol. The maximum absolute atomic E-state index is 13.6. The van der Waals surface area contributed by atoms with Crippen molar-refractivity contribution >= 4 is 34.7 Å². The lowest BCUT2D eigenvalue weighted by Gasteiger charge is -2.25. The Hall–Kier alpha value is -4.70. The Labute approximate surface area is 213 Å². The number of halogens is 1. The molecule has 4 aromatic rings. The number of amides is 1. The summed E-state index contributed by atoms with van der Waals surface area (Å²) in [5.41, 5.74) is 1.87. The zero-order valence-electron chi connectivity index (χ0n) is 19.4. The highest BCUT2D eigenvalue weighted by atomic mass is 32.1. The van der Waals surface area contributed by atoms with E-state index in [9.17, 15) is 24.1 Å². The number of carbonyl (C=O) groups excluding carboxylic acids is 1. The van der Waals surface area contributed by atoms with Gasteiger partial charge in [0.05, 0.1) is 26.8 Å². The molecular formula is C27H19FN4O4S. The number of nitro benzene ring substituents is 1. The Balaban J connectivity index is 1.66.